The minimum absolute atomic E-state index is 0.326. The fourth-order valence-electron chi connectivity index (χ4n) is 2.48. The van der Waals surface area contributed by atoms with Crippen LogP contribution in [0.1, 0.15) is 38.2 Å². The predicted molar refractivity (Wildman–Crippen MR) is 76.2 cm³/mol. The first-order valence-corrected chi connectivity index (χ1v) is 7.15. The van der Waals surface area contributed by atoms with Crippen molar-refractivity contribution in [2.45, 2.75) is 51.4 Å². The lowest BCUT2D eigenvalue weighted by atomic mass is 9.95. The van der Waals surface area contributed by atoms with Gasteiger partial charge in [0.25, 0.3) is 0 Å². The summed E-state index contributed by atoms with van der Waals surface area (Å²) >= 11 is 0. The van der Waals surface area contributed by atoms with Crippen LogP contribution in [-0.4, -0.2) is 30.8 Å². The second-order valence-corrected chi connectivity index (χ2v) is 5.04. The normalized spacial score (nSPS) is 23.3. The van der Waals surface area contributed by atoms with E-state index in [4.69, 9.17) is 9.47 Å². The highest BCUT2D eigenvalue weighted by molar-refractivity contribution is 5.34. The monoisotopic (exact) mass is 264 g/mol. The van der Waals surface area contributed by atoms with Gasteiger partial charge in [-0.05, 0) is 44.2 Å². The van der Waals surface area contributed by atoms with Gasteiger partial charge in [-0.1, -0.05) is 6.07 Å². The van der Waals surface area contributed by atoms with Crippen molar-refractivity contribution in [3.05, 3.63) is 23.9 Å². The van der Waals surface area contributed by atoms with E-state index in [0.717, 1.165) is 37.2 Å². The lowest BCUT2D eigenvalue weighted by Gasteiger charge is -2.28. The minimum Gasteiger partial charge on any atom is -0.381 e. The molecule has 1 aromatic rings. The van der Waals surface area contributed by atoms with E-state index in [9.17, 15) is 0 Å². The number of nitrogens with zero attached hydrogens (tertiary/aromatic N) is 1. The molecule has 106 valence electrons. The SMILES string of the molecule is CCNc1ccc(COC2CCCC(OC)C2)cn1. The van der Waals surface area contributed by atoms with Crippen molar-refractivity contribution in [1.82, 2.24) is 4.98 Å². The molecular formula is C15H24N2O2. The van der Waals surface area contributed by atoms with Crippen molar-refractivity contribution in [2.75, 3.05) is 19.0 Å². The van der Waals surface area contributed by atoms with Crippen LogP contribution in [0.5, 0.6) is 0 Å². The van der Waals surface area contributed by atoms with E-state index in [1.54, 1.807) is 7.11 Å². The summed E-state index contributed by atoms with van der Waals surface area (Å²) in [6.07, 6.45) is 7.09. The molecule has 1 aromatic heterocycles. The van der Waals surface area contributed by atoms with Gasteiger partial charge in [0.15, 0.2) is 0 Å². The fraction of sp³-hybridized carbons (Fsp3) is 0.667. The molecular weight excluding hydrogens is 240 g/mol. The van der Waals surface area contributed by atoms with Crippen LogP contribution in [-0.2, 0) is 16.1 Å². The predicted octanol–water partition coefficient (Wildman–Crippen LogP) is 2.99. The van der Waals surface area contributed by atoms with Crippen LogP contribution in [0.2, 0.25) is 0 Å². The Balaban J connectivity index is 1.78. The first kappa shape index (κ1) is 14.3. The van der Waals surface area contributed by atoms with E-state index in [1.807, 2.05) is 12.3 Å². The molecule has 2 rings (SSSR count). The average Bonchev–Trinajstić information content (AvgIpc) is 2.47. The van der Waals surface area contributed by atoms with Crippen LogP contribution < -0.4 is 5.32 Å². The van der Waals surface area contributed by atoms with Crippen LogP contribution in [0, 0.1) is 0 Å². The number of pyridine rings is 1. The third-order valence-corrected chi connectivity index (χ3v) is 3.58. The number of aromatic nitrogens is 1. The topological polar surface area (TPSA) is 43.4 Å². The van der Waals surface area contributed by atoms with Gasteiger partial charge >= 0.3 is 0 Å². The van der Waals surface area contributed by atoms with Gasteiger partial charge in [-0.15, -0.1) is 0 Å². The van der Waals surface area contributed by atoms with Gasteiger partial charge in [0.2, 0.25) is 0 Å². The highest BCUT2D eigenvalue weighted by Gasteiger charge is 2.22. The first-order chi connectivity index (χ1) is 9.31. The smallest absolute Gasteiger partial charge is 0.125 e. The molecule has 1 saturated carbocycles. The van der Waals surface area contributed by atoms with E-state index in [2.05, 4.69) is 23.3 Å². The average molecular weight is 264 g/mol. The third kappa shape index (κ3) is 4.48. The minimum atomic E-state index is 0.326. The summed E-state index contributed by atoms with van der Waals surface area (Å²) in [6.45, 7) is 3.60. The summed E-state index contributed by atoms with van der Waals surface area (Å²) in [6, 6.07) is 4.07. The Morgan fingerprint density at radius 2 is 2.16 bits per heavy atom. The Morgan fingerprint density at radius 3 is 2.84 bits per heavy atom. The van der Waals surface area contributed by atoms with Gasteiger partial charge in [-0.2, -0.15) is 0 Å². The molecule has 0 amide bonds. The van der Waals surface area contributed by atoms with Crippen LogP contribution in [0.3, 0.4) is 0 Å². The molecule has 1 heterocycles. The molecule has 19 heavy (non-hydrogen) atoms. The molecule has 0 bridgehead atoms. The lowest BCUT2D eigenvalue weighted by molar-refractivity contribution is -0.0364. The van der Waals surface area contributed by atoms with Crippen molar-refractivity contribution in [2.24, 2.45) is 0 Å². The quantitative estimate of drug-likeness (QED) is 0.858. The Hall–Kier alpha value is -1.13. The molecule has 1 aliphatic carbocycles. The molecule has 4 heteroatoms. The maximum atomic E-state index is 5.96. The summed E-state index contributed by atoms with van der Waals surface area (Å²) in [5.41, 5.74) is 1.13. The Morgan fingerprint density at radius 1 is 1.32 bits per heavy atom. The fourth-order valence-corrected chi connectivity index (χ4v) is 2.48. The van der Waals surface area contributed by atoms with E-state index in [1.165, 1.54) is 6.42 Å². The molecule has 1 fully saturated rings. The second kappa shape index (κ2) is 7.46. The zero-order valence-electron chi connectivity index (χ0n) is 11.9. The highest BCUT2D eigenvalue weighted by atomic mass is 16.5. The number of ether oxygens (including phenoxy) is 2. The van der Waals surface area contributed by atoms with Crippen LogP contribution >= 0.6 is 0 Å². The van der Waals surface area contributed by atoms with Crippen molar-refractivity contribution in [3.8, 4) is 0 Å². The summed E-state index contributed by atoms with van der Waals surface area (Å²) in [4.78, 5) is 4.35. The number of nitrogens with one attached hydrogen (secondary N) is 1. The van der Waals surface area contributed by atoms with Crippen molar-refractivity contribution in [1.29, 1.82) is 0 Å². The van der Waals surface area contributed by atoms with E-state index < -0.39 is 0 Å². The van der Waals surface area contributed by atoms with Gasteiger partial charge in [0, 0.05) is 19.9 Å². The number of hydrogen-bond acceptors (Lipinski definition) is 4. The molecule has 4 nitrogen and oxygen atoms in total. The molecule has 1 N–H and O–H groups in total. The van der Waals surface area contributed by atoms with Crippen LogP contribution in [0.25, 0.3) is 0 Å². The number of methoxy groups -OCH3 is 1. The molecule has 0 aromatic carbocycles. The molecule has 1 aliphatic rings. The maximum absolute atomic E-state index is 5.96. The third-order valence-electron chi connectivity index (χ3n) is 3.58. The largest absolute Gasteiger partial charge is 0.381 e. The number of rotatable bonds is 6. The molecule has 0 radical (unpaired) electrons. The van der Waals surface area contributed by atoms with Gasteiger partial charge in [-0.3, -0.25) is 0 Å². The summed E-state index contributed by atoms with van der Waals surface area (Å²) < 4.78 is 11.4. The van der Waals surface area contributed by atoms with Crippen LogP contribution in [0.4, 0.5) is 5.82 Å². The Bertz CT molecular complexity index is 367. The number of anilines is 1. The van der Waals surface area contributed by atoms with Gasteiger partial charge < -0.3 is 14.8 Å². The van der Waals surface area contributed by atoms with Crippen molar-refractivity contribution < 1.29 is 9.47 Å². The molecule has 0 spiro atoms. The van der Waals surface area contributed by atoms with Crippen molar-refractivity contribution >= 4 is 5.82 Å². The van der Waals surface area contributed by atoms with Crippen molar-refractivity contribution in [3.63, 3.8) is 0 Å². The zero-order chi connectivity index (χ0) is 13.5. The van der Waals surface area contributed by atoms with E-state index in [0.29, 0.717) is 18.8 Å². The maximum Gasteiger partial charge on any atom is 0.125 e. The van der Waals surface area contributed by atoms with Gasteiger partial charge in [0.1, 0.15) is 5.82 Å². The highest BCUT2D eigenvalue weighted by Crippen LogP contribution is 2.23. The Kier molecular flexibility index (Phi) is 5.61. The molecule has 2 unspecified atom stereocenters. The van der Waals surface area contributed by atoms with Gasteiger partial charge in [0.05, 0.1) is 18.8 Å². The zero-order valence-corrected chi connectivity index (χ0v) is 11.9. The lowest BCUT2D eigenvalue weighted by Crippen LogP contribution is -2.27. The van der Waals surface area contributed by atoms with Crippen LogP contribution in [0.15, 0.2) is 18.3 Å². The van der Waals surface area contributed by atoms with E-state index >= 15 is 0 Å². The molecule has 0 saturated heterocycles. The molecule has 0 aliphatic heterocycles. The standard InChI is InChI=1S/C15H24N2O2/c1-3-16-15-8-7-12(10-17-15)11-19-14-6-4-5-13(9-14)18-2/h7-8,10,13-14H,3-6,9,11H2,1-2H3,(H,16,17). The summed E-state index contributed by atoms with van der Waals surface area (Å²) in [5.74, 6) is 0.920. The first-order valence-electron chi connectivity index (χ1n) is 7.15. The summed E-state index contributed by atoms with van der Waals surface area (Å²) in [7, 11) is 1.79. The molecule has 2 atom stereocenters. The number of hydrogen-bond donors (Lipinski definition) is 1. The summed E-state index contributed by atoms with van der Waals surface area (Å²) in [5, 5.41) is 3.19. The van der Waals surface area contributed by atoms with Gasteiger partial charge in [-0.25, -0.2) is 4.98 Å². The Labute approximate surface area is 115 Å². The van der Waals surface area contributed by atoms with E-state index in [-0.39, 0.29) is 0 Å². The second-order valence-electron chi connectivity index (χ2n) is 5.04.